The number of aromatic hydroxyl groups is 1. The van der Waals surface area contributed by atoms with Gasteiger partial charge in [0.25, 0.3) is 0 Å². The molecule has 0 unspecified atom stereocenters. The second-order valence-corrected chi connectivity index (χ2v) is 9.10. The average molecular weight is 417 g/mol. The van der Waals surface area contributed by atoms with Crippen molar-refractivity contribution in [2.24, 2.45) is 0 Å². The number of fused-ring (bicyclic) bond motifs is 3. The van der Waals surface area contributed by atoms with E-state index >= 15 is 0 Å². The summed E-state index contributed by atoms with van der Waals surface area (Å²) >= 11 is 0. The number of hydrogen-bond donors (Lipinski definition) is 1. The van der Waals surface area contributed by atoms with Crippen molar-refractivity contribution in [3.63, 3.8) is 0 Å². The van der Waals surface area contributed by atoms with Gasteiger partial charge in [-0.25, -0.2) is 0 Å². The van der Waals surface area contributed by atoms with Gasteiger partial charge in [0.15, 0.2) is 0 Å². The van der Waals surface area contributed by atoms with E-state index in [4.69, 9.17) is 14.2 Å². The number of phenolic OH excluding ortho intramolecular Hbond substituents is 1. The Bertz CT molecular complexity index is 1090. The molecule has 0 aliphatic carbocycles. The van der Waals surface area contributed by atoms with Crippen LogP contribution in [0.15, 0.2) is 60.7 Å². The van der Waals surface area contributed by atoms with Gasteiger partial charge in [0.2, 0.25) is 0 Å². The summed E-state index contributed by atoms with van der Waals surface area (Å²) in [6, 6.07) is 19.7. The molecule has 0 aromatic heterocycles. The van der Waals surface area contributed by atoms with Gasteiger partial charge in [-0.2, -0.15) is 0 Å². The van der Waals surface area contributed by atoms with Crippen molar-refractivity contribution in [2.45, 2.75) is 51.2 Å². The summed E-state index contributed by atoms with van der Waals surface area (Å²) in [4.78, 5) is 0. The zero-order valence-electron chi connectivity index (χ0n) is 18.1. The average Bonchev–Trinajstić information content (AvgIpc) is 2.77. The van der Waals surface area contributed by atoms with E-state index in [1.807, 2.05) is 36.4 Å². The molecule has 2 aliphatic rings. The molecule has 2 aliphatic heterocycles. The minimum Gasteiger partial charge on any atom is -0.508 e. The normalized spacial score (nSPS) is 18.8. The van der Waals surface area contributed by atoms with Gasteiger partial charge in [0.1, 0.15) is 35.2 Å². The summed E-state index contributed by atoms with van der Waals surface area (Å²) in [6.45, 7) is 5.31. The maximum absolute atomic E-state index is 10.0. The second kappa shape index (κ2) is 7.84. The van der Waals surface area contributed by atoms with Crippen molar-refractivity contribution in [3.8, 4) is 23.0 Å². The fraction of sp³-hybridized carbons (Fsp3) is 0.333. The SMILES string of the molecule is CC1(C)CCc2c(ccc3c2OC[C@@H](c2ccc(O)cc2OCc2ccccc2)C3)O1. The molecule has 0 amide bonds. The van der Waals surface area contributed by atoms with Gasteiger partial charge in [-0.15, -0.1) is 0 Å². The molecule has 1 atom stereocenters. The minimum atomic E-state index is -0.129. The van der Waals surface area contributed by atoms with Crippen LogP contribution in [0.3, 0.4) is 0 Å². The highest BCUT2D eigenvalue weighted by Crippen LogP contribution is 2.45. The highest BCUT2D eigenvalue weighted by atomic mass is 16.5. The van der Waals surface area contributed by atoms with E-state index in [9.17, 15) is 5.11 Å². The second-order valence-electron chi connectivity index (χ2n) is 9.10. The van der Waals surface area contributed by atoms with Gasteiger partial charge < -0.3 is 19.3 Å². The molecular weight excluding hydrogens is 388 g/mol. The van der Waals surface area contributed by atoms with Crippen LogP contribution < -0.4 is 14.2 Å². The molecule has 0 saturated carbocycles. The first-order valence-electron chi connectivity index (χ1n) is 10.9. The van der Waals surface area contributed by atoms with Crippen LogP contribution in [-0.4, -0.2) is 17.3 Å². The largest absolute Gasteiger partial charge is 0.508 e. The summed E-state index contributed by atoms with van der Waals surface area (Å²) < 4.78 is 18.6. The predicted octanol–water partition coefficient (Wildman–Crippen LogP) is 5.79. The Morgan fingerprint density at radius 3 is 2.74 bits per heavy atom. The van der Waals surface area contributed by atoms with Crippen LogP contribution >= 0.6 is 0 Å². The Labute approximate surface area is 183 Å². The molecule has 1 N–H and O–H groups in total. The molecule has 2 heterocycles. The van der Waals surface area contributed by atoms with Gasteiger partial charge in [0.05, 0.1) is 6.61 Å². The van der Waals surface area contributed by atoms with Gasteiger partial charge in [-0.3, -0.25) is 0 Å². The van der Waals surface area contributed by atoms with E-state index in [-0.39, 0.29) is 17.3 Å². The van der Waals surface area contributed by atoms with Crippen molar-refractivity contribution in [3.05, 3.63) is 82.9 Å². The van der Waals surface area contributed by atoms with E-state index in [1.54, 1.807) is 12.1 Å². The molecule has 4 heteroatoms. The third-order valence-electron chi connectivity index (χ3n) is 6.23. The Morgan fingerprint density at radius 1 is 1.06 bits per heavy atom. The molecule has 0 spiro atoms. The number of ether oxygens (including phenoxy) is 3. The van der Waals surface area contributed by atoms with Crippen LogP contribution in [-0.2, 0) is 19.4 Å². The van der Waals surface area contributed by atoms with E-state index < -0.39 is 0 Å². The monoisotopic (exact) mass is 416 g/mol. The smallest absolute Gasteiger partial charge is 0.129 e. The van der Waals surface area contributed by atoms with E-state index in [0.29, 0.717) is 19.0 Å². The van der Waals surface area contributed by atoms with Crippen molar-refractivity contribution >= 4 is 0 Å². The highest BCUT2D eigenvalue weighted by molar-refractivity contribution is 5.54. The molecule has 0 saturated heterocycles. The Balaban J connectivity index is 1.39. The van der Waals surface area contributed by atoms with Crippen LogP contribution in [0.25, 0.3) is 0 Å². The van der Waals surface area contributed by atoms with Crippen LogP contribution in [0, 0.1) is 0 Å². The zero-order valence-corrected chi connectivity index (χ0v) is 18.1. The Morgan fingerprint density at radius 2 is 1.90 bits per heavy atom. The van der Waals surface area contributed by atoms with Crippen molar-refractivity contribution < 1.29 is 19.3 Å². The lowest BCUT2D eigenvalue weighted by atomic mass is 9.86. The molecule has 5 rings (SSSR count). The van der Waals surface area contributed by atoms with Crippen LogP contribution in [0.4, 0.5) is 0 Å². The summed E-state index contributed by atoms with van der Waals surface area (Å²) in [6.07, 6.45) is 2.83. The lowest BCUT2D eigenvalue weighted by molar-refractivity contribution is 0.0826. The lowest BCUT2D eigenvalue weighted by Gasteiger charge is -2.36. The molecule has 0 fully saturated rings. The van der Waals surface area contributed by atoms with Gasteiger partial charge in [0, 0.05) is 23.1 Å². The van der Waals surface area contributed by atoms with E-state index in [1.165, 1.54) is 11.1 Å². The van der Waals surface area contributed by atoms with E-state index in [2.05, 4.69) is 26.0 Å². The quantitative estimate of drug-likeness (QED) is 0.584. The molecule has 3 aromatic carbocycles. The van der Waals surface area contributed by atoms with Crippen LogP contribution in [0.5, 0.6) is 23.0 Å². The summed E-state index contributed by atoms with van der Waals surface area (Å²) in [7, 11) is 0. The minimum absolute atomic E-state index is 0.129. The predicted molar refractivity (Wildman–Crippen MR) is 120 cm³/mol. The van der Waals surface area contributed by atoms with Crippen molar-refractivity contribution in [1.29, 1.82) is 0 Å². The number of hydrogen-bond acceptors (Lipinski definition) is 4. The summed E-state index contributed by atoms with van der Waals surface area (Å²) in [5, 5.41) is 10.0. The standard InChI is InChI=1S/C27H28O4/c1-27(2)13-12-23-24(31-27)11-8-19-14-20(17-30-26(19)23)22-10-9-21(28)15-25(22)29-16-18-6-4-3-5-7-18/h3-11,15,20,28H,12-14,16-17H2,1-2H3/t20-/m0/s1. The number of benzene rings is 3. The third-order valence-corrected chi connectivity index (χ3v) is 6.23. The highest BCUT2D eigenvalue weighted by Gasteiger charge is 2.32. The molecule has 31 heavy (non-hydrogen) atoms. The molecule has 0 bridgehead atoms. The van der Waals surface area contributed by atoms with Crippen molar-refractivity contribution in [2.75, 3.05) is 6.61 Å². The first kappa shape index (κ1) is 19.8. The number of phenols is 1. The Hall–Kier alpha value is -3.14. The first-order valence-corrected chi connectivity index (χ1v) is 10.9. The fourth-order valence-corrected chi connectivity index (χ4v) is 4.53. The zero-order chi connectivity index (χ0) is 21.4. The van der Waals surface area contributed by atoms with Gasteiger partial charge in [-0.1, -0.05) is 42.5 Å². The molecule has 3 aromatic rings. The molecule has 4 nitrogen and oxygen atoms in total. The Kier molecular flexibility index (Phi) is 5.01. The van der Waals surface area contributed by atoms with Crippen molar-refractivity contribution in [1.82, 2.24) is 0 Å². The fourth-order valence-electron chi connectivity index (χ4n) is 4.53. The molecule has 160 valence electrons. The maximum Gasteiger partial charge on any atom is 0.129 e. The summed E-state index contributed by atoms with van der Waals surface area (Å²) in [5.41, 5.74) is 4.43. The van der Waals surface area contributed by atoms with Crippen LogP contribution in [0.1, 0.15) is 48.4 Å². The first-order chi connectivity index (χ1) is 15.0. The number of rotatable bonds is 4. The summed E-state index contributed by atoms with van der Waals surface area (Å²) in [5.74, 6) is 3.03. The van der Waals surface area contributed by atoms with Crippen LogP contribution in [0.2, 0.25) is 0 Å². The third kappa shape index (κ3) is 4.07. The van der Waals surface area contributed by atoms with E-state index in [0.717, 1.165) is 41.9 Å². The van der Waals surface area contributed by atoms with Gasteiger partial charge >= 0.3 is 0 Å². The maximum atomic E-state index is 10.0. The lowest BCUT2D eigenvalue weighted by Crippen LogP contribution is -2.33. The molecule has 0 radical (unpaired) electrons. The molecular formula is C27H28O4. The topological polar surface area (TPSA) is 47.9 Å². The van der Waals surface area contributed by atoms with Gasteiger partial charge in [-0.05, 0) is 56.4 Å².